The van der Waals surface area contributed by atoms with Crippen LogP contribution in [0.4, 0.5) is 5.82 Å². The van der Waals surface area contributed by atoms with Crippen LogP contribution in [0.25, 0.3) is 10.9 Å². The predicted molar refractivity (Wildman–Crippen MR) is 93.2 cm³/mol. The van der Waals surface area contributed by atoms with Gasteiger partial charge in [-0.3, -0.25) is 9.35 Å². The summed E-state index contributed by atoms with van der Waals surface area (Å²) in [6, 6.07) is 5.94. The van der Waals surface area contributed by atoms with E-state index in [4.69, 9.17) is 13.3 Å². The first-order valence-corrected chi connectivity index (χ1v) is 8.56. The first-order valence-electron chi connectivity index (χ1n) is 7.42. The van der Waals surface area contributed by atoms with E-state index in [1.54, 1.807) is 6.92 Å². The molecular formula is C15H19N6O3S-. The summed E-state index contributed by atoms with van der Waals surface area (Å²) < 4.78 is 22.6. The summed E-state index contributed by atoms with van der Waals surface area (Å²) in [5.41, 5.74) is 2.06. The summed E-state index contributed by atoms with van der Waals surface area (Å²) in [5.74, 6) is 2.70. The summed E-state index contributed by atoms with van der Waals surface area (Å²) in [6.07, 6.45) is 0. The van der Waals surface area contributed by atoms with E-state index >= 15 is 0 Å². The molecule has 0 fully saturated rings. The lowest BCUT2D eigenvalue weighted by Crippen LogP contribution is -2.11. The van der Waals surface area contributed by atoms with Gasteiger partial charge in [0.15, 0.2) is 5.82 Å². The minimum atomic E-state index is -2.36. The van der Waals surface area contributed by atoms with E-state index in [2.05, 4.69) is 43.6 Å². The monoisotopic (exact) mass is 363 g/mol. The molecule has 3 N–H and O–H groups in total. The summed E-state index contributed by atoms with van der Waals surface area (Å²) in [6.45, 7) is 7.69. The number of nitrogens with one attached hydrogen (secondary N) is 1. The molecule has 0 aliphatic carbocycles. The van der Waals surface area contributed by atoms with Gasteiger partial charge in [-0.15, -0.1) is 0 Å². The number of aryl methyl sites for hydroxylation is 3. The first-order chi connectivity index (χ1) is 11.8. The molecule has 2 heterocycles. The van der Waals surface area contributed by atoms with Crippen LogP contribution < -0.4 is 10.5 Å². The lowest BCUT2D eigenvalue weighted by atomic mass is 10.1. The SMILES string of the molecule is Cc1nc(NC(C)c2noc(C)n2)c2c(C)cccc2n1.NS(=O)[O-]. The molecule has 0 amide bonds. The Bertz CT molecular complexity index is 894. The largest absolute Gasteiger partial charge is 0.760 e. The molecule has 0 saturated heterocycles. The minimum Gasteiger partial charge on any atom is -0.760 e. The first kappa shape index (κ1) is 18.9. The molecule has 0 spiro atoms. The average Bonchev–Trinajstić information content (AvgIpc) is 2.93. The highest BCUT2D eigenvalue weighted by Crippen LogP contribution is 2.26. The number of hydrogen-bond acceptors (Lipinski definition) is 8. The maximum absolute atomic E-state index is 8.78. The second-order valence-electron chi connectivity index (χ2n) is 5.39. The lowest BCUT2D eigenvalue weighted by Gasteiger charge is -2.14. The fraction of sp³-hybridized carbons (Fsp3) is 0.333. The van der Waals surface area contributed by atoms with Crippen LogP contribution in [0.5, 0.6) is 0 Å². The predicted octanol–water partition coefficient (Wildman–Crippen LogP) is 1.85. The van der Waals surface area contributed by atoms with Crippen molar-refractivity contribution in [3.05, 3.63) is 41.3 Å². The lowest BCUT2D eigenvalue weighted by molar-refractivity contribution is 0.385. The summed E-state index contributed by atoms with van der Waals surface area (Å²) >= 11 is -2.36. The summed E-state index contributed by atoms with van der Waals surface area (Å²) in [4.78, 5) is 13.3. The zero-order chi connectivity index (χ0) is 18.6. The second-order valence-corrected chi connectivity index (χ2v) is 5.91. The highest BCUT2D eigenvalue weighted by Gasteiger charge is 2.15. The van der Waals surface area contributed by atoms with E-state index in [-0.39, 0.29) is 6.04 Å². The van der Waals surface area contributed by atoms with Crippen molar-refractivity contribution in [3.8, 4) is 0 Å². The third kappa shape index (κ3) is 5.02. The Morgan fingerprint density at radius 3 is 2.52 bits per heavy atom. The quantitative estimate of drug-likeness (QED) is 0.671. The Morgan fingerprint density at radius 1 is 1.24 bits per heavy atom. The standard InChI is InChI=1S/C15H17N5O.H3NO2S/c1-8-6-5-7-12-13(8)15(18-10(3)17-12)16-9(2)14-19-11(4)21-20-14;1-4(2)3/h5-7,9H,1-4H3,(H,16,17,18);1H2,(H,2,3)/p-1. The van der Waals surface area contributed by atoms with Gasteiger partial charge in [0.05, 0.1) is 11.6 Å². The van der Waals surface area contributed by atoms with Crippen molar-refractivity contribution in [3.63, 3.8) is 0 Å². The number of hydrogen-bond donors (Lipinski definition) is 2. The number of nitrogens with two attached hydrogens (primary N) is 1. The van der Waals surface area contributed by atoms with Crippen LogP contribution in [0.2, 0.25) is 0 Å². The fourth-order valence-electron chi connectivity index (χ4n) is 2.34. The van der Waals surface area contributed by atoms with Gasteiger partial charge in [-0.25, -0.2) is 9.97 Å². The van der Waals surface area contributed by atoms with Crippen LogP contribution in [0.15, 0.2) is 22.7 Å². The van der Waals surface area contributed by atoms with Crippen LogP contribution in [-0.4, -0.2) is 28.9 Å². The molecule has 2 atom stereocenters. The van der Waals surface area contributed by atoms with E-state index in [0.29, 0.717) is 11.7 Å². The molecule has 2 aromatic heterocycles. The number of rotatable bonds is 3. The van der Waals surface area contributed by atoms with Crippen LogP contribution in [0.1, 0.15) is 36.1 Å². The Morgan fingerprint density at radius 2 is 1.92 bits per heavy atom. The summed E-state index contributed by atoms with van der Waals surface area (Å²) in [5, 5.41) is 12.4. The molecule has 3 aromatic rings. The fourth-order valence-corrected chi connectivity index (χ4v) is 2.34. The van der Waals surface area contributed by atoms with Crippen molar-refractivity contribution < 1.29 is 13.3 Å². The Kier molecular flexibility index (Phi) is 6.12. The van der Waals surface area contributed by atoms with Gasteiger partial charge in [0.2, 0.25) is 5.89 Å². The molecule has 0 radical (unpaired) electrons. The van der Waals surface area contributed by atoms with Gasteiger partial charge in [0.25, 0.3) is 0 Å². The van der Waals surface area contributed by atoms with Crippen molar-refractivity contribution in [2.75, 3.05) is 5.32 Å². The third-order valence-electron chi connectivity index (χ3n) is 3.33. The molecule has 134 valence electrons. The van der Waals surface area contributed by atoms with E-state index in [1.165, 1.54) is 0 Å². The zero-order valence-corrected chi connectivity index (χ0v) is 15.1. The maximum Gasteiger partial charge on any atom is 0.223 e. The van der Waals surface area contributed by atoms with Gasteiger partial charge >= 0.3 is 0 Å². The number of benzene rings is 1. The summed E-state index contributed by atoms with van der Waals surface area (Å²) in [7, 11) is 0. The molecule has 0 bridgehead atoms. The van der Waals surface area contributed by atoms with Gasteiger partial charge in [0, 0.05) is 23.6 Å². The van der Waals surface area contributed by atoms with E-state index in [1.807, 2.05) is 26.0 Å². The van der Waals surface area contributed by atoms with Crippen molar-refractivity contribution in [1.29, 1.82) is 0 Å². The molecule has 25 heavy (non-hydrogen) atoms. The average molecular weight is 363 g/mol. The second kappa shape index (κ2) is 8.10. The molecule has 3 rings (SSSR count). The number of aromatic nitrogens is 4. The molecule has 1 aromatic carbocycles. The zero-order valence-electron chi connectivity index (χ0n) is 14.3. The topological polar surface area (TPSA) is 143 Å². The van der Waals surface area contributed by atoms with E-state index in [9.17, 15) is 0 Å². The molecule has 0 aliphatic rings. The van der Waals surface area contributed by atoms with Crippen LogP contribution in [-0.2, 0) is 11.3 Å². The Labute approximate surface area is 147 Å². The molecular weight excluding hydrogens is 344 g/mol. The number of fused-ring (bicyclic) bond motifs is 1. The highest BCUT2D eigenvalue weighted by molar-refractivity contribution is 7.76. The van der Waals surface area contributed by atoms with Crippen molar-refractivity contribution in [1.82, 2.24) is 20.1 Å². The van der Waals surface area contributed by atoms with Crippen molar-refractivity contribution >= 4 is 28.0 Å². The number of nitrogens with zero attached hydrogens (tertiary/aromatic N) is 4. The molecule has 10 heteroatoms. The minimum absolute atomic E-state index is 0.0976. The van der Waals surface area contributed by atoms with Crippen LogP contribution in [0.3, 0.4) is 0 Å². The maximum atomic E-state index is 8.78. The molecule has 0 aliphatic heterocycles. The third-order valence-corrected chi connectivity index (χ3v) is 3.33. The Balaban J connectivity index is 0.000000511. The van der Waals surface area contributed by atoms with Crippen LogP contribution in [0, 0.1) is 20.8 Å². The van der Waals surface area contributed by atoms with E-state index in [0.717, 1.165) is 28.1 Å². The number of anilines is 1. The molecule has 2 unspecified atom stereocenters. The van der Waals surface area contributed by atoms with Gasteiger partial charge in [-0.1, -0.05) is 17.3 Å². The van der Waals surface area contributed by atoms with E-state index < -0.39 is 11.3 Å². The van der Waals surface area contributed by atoms with Crippen molar-refractivity contribution in [2.45, 2.75) is 33.7 Å². The van der Waals surface area contributed by atoms with Gasteiger partial charge in [-0.2, -0.15) is 4.98 Å². The van der Waals surface area contributed by atoms with Crippen LogP contribution >= 0.6 is 0 Å². The molecule has 0 saturated carbocycles. The smallest absolute Gasteiger partial charge is 0.223 e. The van der Waals surface area contributed by atoms with Gasteiger partial charge < -0.3 is 14.4 Å². The van der Waals surface area contributed by atoms with Crippen molar-refractivity contribution in [2.24, 2.45) is 5.14 Å². The molecule has 9 nitrogen and oxygen atoms in total. The van der Waals surface area contributed by atoms with Gasteiger partial charge in [-0.05, 0) is 32.4 Å². The highest BCUT2D eigenvalue weighted by atomic mass is 32.2. The Hall–Kier alpha value is -2.43. The van der Waals surface area contributed by atoms with Gasteiger partial charge in [0.1, 0.15) is 11.6 Å². The normalized spacial score (nSPS) is 13.0.